The topological polar surface area (TPSA) is 31.0 Å². The second-order valence-corrected chi connectivity index (χ2v) is 12.0. The Morgan fingerprint density at radius 1 is 0.558 bits per heavy atom. The van der Waals surface area contributed by atoms with Crippen LogP contribution in [-0.4, -0.2) is 9.55 Å². The Bertz CT molecular complexity index is 2340. The number of oxazole rings is 1. The molecule has 3 heteroatoms. The molecule has 0 aliphatic heterocycles. The molecule has 0 saturated heterocycles. The molecule has 6 aromatic carbocycles. The van der Waals surface area contributed by atoms with Crippen LogP contribution >= 0.6 is 0 Å². The Morgan fingerprint density at radius 3 is 2.14 bits per heavy atom. The van der Waals surface area contributed by atoms with E-state index in [4.69, 9.17) is 4.42 Å². The first-order valence-electron chi connectivity index (χ1n) is 14.8. The van der Waals surface area contributed by atoms with Crippen molar-refractivity contribution in [3.05, 3.63) is 145 Å². The van der Waals surface area contributed by atoms with Gasteiger partial charge in [-0.15, -0.1) is 0 Å². The summed E-state index contributed by atoms with van der Waals surface area (Å²) in [5, 5.41) is 2.50. The van der Waals surface area contributed by atoms with Gasteiger partial charge in [-0.05, 0) is 88.0 Å². The van der Waals surface area contributed by atoms with E-state index in [1.165, 1.54) is 55.3 Å². The summed E-state index contributed by atoms with van der Waals surface area (Å²) in [6.07, 6.45) is 0. The highest BCUT2D eigenvalue weighted by molar-refractivity contribution is 6.10. The van der Waals surface area contributed by atoms with Crippen LogP contribution in [0.3, 0.4) is 0 Å². The van der Waals surface area contributed by atoms with Crippen LogP contribution < -0.4 is 0 Å². The molecule has 0 radical (unpaired) electrons. The lowest BCUT2D eigenvalue weighted by Gasteiger charge is -2.22. The summed E-state index contributed by atoms with van der Waals surface area (Å²) >= 11 is 0. The lowest BCUT2D eigenvalue weighted by molar-refractivity contribution is 0.620. The van der Waals surface area contributed by atoms with Gasteiger partial charge in [-0.25, -0.2) is 4.98 Å². The predicted molar refractivity (Wildman–Crippen MR) is 177 cm³/mol. The molecule has 0 N–H and O–H groups in total. The van der Waals surface area contributed by atoms with E-state index in [9.17, 15) is 0 Å². The van der Waals surface area contributed by atoms with Crippen LogP contribution in [0.2, 0.25) is 0 Å². The van der Waals surface area contributed by atoms with Crippen LogP contribution in [0.4, 0.5) is 0 Å². The van der Waals surface area contributed by atoms with E-state index < -0.39 is 0 Å². The first-order valence-corrected chi connectivity index (χ1v) is 14.8. The molecule has 0 spiro atoms. The minimum absolute atomic E-state index is 0.0437. The summed E-state index contributed by atoms with van der Waals surface area (Å²) in [5.74, 6) is 0.645. The normalized spacial score (nSPS) is 13.5. The van der Waals surface area contributed by atoms with Gasteiger partial charge >= 0.3 is 0 Å². The van der Waals surface area contributed by atoms with Gasteiger partial charge in [-0.1, -0.05) is 92.7 Å². The third-order valence-corrected chi connectivity index (χ3v) is 9.26. The number of para-hydroxylation sites is 3. The van der Waals surface area contributed by atoms with E-state index in [1.54, 1.807) is 0 Å². The van der Waals surface area contributed by atoms with E-state index in [0.717, 1.165) is 22.2 Å². The monoisotopic (exact) mass is 552 g/mol. The number of hydrogen-bond acceptors (Lipinski definition) is 2. The zero-order valence-electron chi connectivity index (χ0n) is 24.0. The maximum atomic E-state index is 6.00. The second kappa shape index (κ2) is 8.80. The van der Waals surface area contributed by atoms with Crippen LogP contribution in [0.1, 0.15) is 25.0 Å². The fourth-order valence-electron chi connectivity index (χ4n) is 7.06. The van der Waals surface area contributed by atoms with Gasteiger partial charge in [0.2, 0.25) is 5.89 Å². The zero-order valence-corrected chi connectivity index (χ0v) is 24.0. The molecular formula is C40H28N2O. The quantitative estimate of drug-likeness (QED) is 0.218. The largest absolute Gasteiger partial charge is 0.436 e. The summed E-state index contributed by atoms with van der Waals surface area (Å²) in [6.45, 7) is 4.68. The van der Waals surface area contributed by atoms with Gasteiger partial charge in [0.15, 0.2) is 5.58 Å². The van der Waals surface area contributed by atoms with Gasteiger partial charge in [0.1, 0.15) is 5.52 Å². The maximum Gasteiger partial charge on any atom is 0.227 e. The third-order valence-electron chi connectivity index (χ3n) is 9.26. The Balaban J connectivity index is 1.15. The molecule has 0 fully saturated rings. The summed E-state index contributed by atoms with van der Waals surface area (Å²) < 4.78 is 8.42. The Morgan fingerprint density at radius 2 is 1.26 bits per heavy atom. The van der Waals surface area contributed by atoms with E-state index in [2.05, 4.69) is 133 Å². The van der Waals surface area contributed by atoms with Gasteiger partial charge in [-0.3, -0.25) is 0 Å². The molecule has 9 rings (SSSR count). The summed E-state index contributed by atoms with van der Waals surface area (Å²) in [5.41, 5.74) is 14.1. The molecule has 2 aromatic heterocycles. The number of rotatable bonds is 3. The van der Waals surface area contributed by atoms with Gasteiger partial charge in [0.05, 0.1) is 11.0 Å². The molecule has 1 aliphatic carbocycles. The highest BCUT2D eigenvalue weighted by atomic mass is 16.3. The standard InChI is InChI=1S/C40H28N2O/c1-40(2)33-11-5-3-9-29(33)30-21-20-28(24-34(30)40)42-36-13-7-4-10-31(36)32-23-27(19-22-37(32)42)25-15-17-26(18-16-25)39-41-35-12-6-8-14-38(35)43-39/h3-24H,1-2H3. The van der Waals surface area contributed by atoms with Crippen LogP contribution in [0.15, 0.2) is 138 Å². The maximum absolute atomic E-state index is 6.00. The van der Waals surface area contributed by atoms with Crippen molar-refractivity contribution in [1.82, 2.24) is 9.55 Å². The highest BCUT2D eigenvalue weighted by Gasteiger charge is 2.35. The van der Waals surface area contributed by atoms with Gasteiger partial charge in [0.25, 0.3) is 0 Å². The minimum Gasteiger partial charge on any atom is -0.436 e. The van der Waals surface area contributed by atoms with Crippen molar-refractivity contribution >= 4 is 32.9 Å². The number of hydrogen-bond donors (Lipinski definition) is 0. The molecule has 0 atom stereocenters. The van der Waals surface area contributed by atoms with Crippen molar-refractivity contribution < 1.29 is 4.42 Å². The minimum atomic E-state index is -0.0437. The van der Waals surface area contributed by atoms with E-state index in [1.807, 2.05) is 24.3 Å². The lowest BCUT2D eigenvalue weighted by atomic mass is 9.82. The number of nitrogens with zero attached hydrogens (tertiary/aromatic N) is 2. The highest BCUT2D eigenvalue weighted by Crippen LogP contribution is 2.49. The SMILES string of the molecule is CC1(C)c2ccccc2-c2ccc(-n3c4ccccc4c4cc(-c5ccc(-c6nc7ccccc7o6)cc5)ccc43)cc21. The molecule has 0 unspecified atom stereocenters. The second-order valence-electron chi connectivity index (χ2n) is 12.0. The molecular weight excluding hydrogens is 524 g/mol. The molecule has 3 nitrogen and oxygen atoms in total. The van der Waals surface area contributed by atoms with Crippen molar-refractivity contribution in [3.63, 3.8) is 0 Å². The summed E-state index contributed by atoms with van der Waals surface area (Å²) in [4.78, 5) is 4.66. The van der Waals surface area contributed by atoms with Gasteiger partial charge in [0, 0.05) is 27.4 Å². The average Bonchev–Trinajstić information content (AvgIpc) is 3.70. The average molecular weight is 553 g/mol. The van der Waals surface area contributed by atoms with Crippen molar-refractivity contribution in [3.8, 4) is 39.4 Å². The zero-order chi connectivity index (χ0) is 28.7. The molecule has 43 heavy (non-hydrogen) atoms. The van der Waals surface area contributed by atoms with Crippen LogP contribution in [-0.2, 0) is 5.41 Å². The molecule has 2 heterocycles. The molecule has 0 saturated carbocycles. The van der Waals surface area contributed by atoms with Crippen LogP contribution in [0.5, 0.6) is 0 Å². The lowest BCUT2D eigenvalue weighted by Crippen LogP contribution is -2.15. The fraction of sp³-hybridized carbons (Fsp3) is 0.0750. The van der Waals surface area contributed by atoms with Crippen molar-refractivity contribution in [1.29, 1.82) is 0 Å². The smallest absolute Gasteiger partial charge is 0.227 e. The van der Waals surface area contributed by atoms with Crippen LogP contribution in [0.25, 0.3) is 72.3 Å². The first kappa shape index (κ1) is 24.2. The summed E-state index contributed by atoms with van der Waals surface area (Å²) in [6, 6.07) is 47.8. The molecule has 0 amide bonds. The van der Waals surface area contributed by atoms with E-state index >= 15 is 0 Å². The van der Waals surface area contributed by atoms with Gasteiger partial charge in [-0.2, -0.15) is 0 Å². The Kier molecular flexibility index (Phi) is 4.95. The third kappa shape index (κ3) is 3.52. The number of aromatic nitrogens is 2. The van der Waals surface area contributed by atoms with E-state index in [0.29, 0.717) is 5.89 Å². The van der Waals surface area contributed by atoms with E-state index in [-0.39, 0.29) is 5.41 Å². The molecule has 204 valence electrons. The Hall–Kier alpha value is -5.41. The summed E-state index contributed by atoms with van der Waals surface area (Å²) in [7, 11) is 0. The van der Waals surface area contributed by atoms with Gasteiger partial charge < -0.3 is 8.98 Å². The van der Waals surface area contributed by atoms with Crippen molar-refractivity contribution in [2.45, 2.75) is 19.3 Å². The molecule has 1 aliphatic rings. The van der Waals surface area contributed by atoms with Crippen LogP contribution in [0, 0.1) is 0 Å². The molecule has 0 bridgehead atoms. The van der Waals surface area contributed by atoms with Crippen molar-refractivity contribution in [2.75, 3.05) is 0 Å². The fourth-order valence-corrected chi connectivity index (χ4v) is 7.06. The number of benzene rings is 6. The first-order chi connectivity index (χ1) is 21.1. The van der Waals surface area contributed by atoms with Crippen molar-refractivity contribution in [2.24, 2.45) is 0 Å². The Labute approximate surface area is 249 Å². The predicted octanol–water partition coefficient (Wildman–Crippen LogP) is 10.6. The molecule has 8 aromatic rings. The number of fused-ring (bicyclic) bond motifs is 7.